The molecule has 32 heavy (non-hydrogen) atoms. The van der Waals surface area contributed by atoms with Gasteiger partial charge in [0.15, 0.2) is 0 Å². The van der Waals surface area contributed by atoms with E-state index in [1.54, 1.807) is 11.8 Å². The van der Waals surface area contributed by atoms with E-state index in [4.69, 9.17) is 10.2 Å². The first-order valence-electron chi connectivity index (χ1n) is 10.5. The molecule has 154 valence electrons. The number of hydrogen-bond donors (Lipinski definition) is 1. The van der Waals surface area contributed by atoms with Crippen molar-refractivity contribution in [1.82, 2.24) is 5.43 Å². The predicted molar refractivity (Wildman–Crippen MR) is 133 cm³/mol. The van der Waals surface area contributed by atoms with E-state index in [9.17, 15) is 0 Å². The number of nitrogens with zero attached hydrogens (tertiary/aromatic N) is 3. The zero-order chi connectivity index (χ0) is 21.4. The van der Waals surface area contributed by atoms with Crippen LogP contribution in [0.25, 0.3) is 0 Å². The van der Waals surface area contributed by atoms with Crippen molar-refractivity contribution in [2.24, 2.45) is 10.2 Å². The average molecular weight is 433 g/mol. The van der Waals surface area contributed by atoms with Gasteiger partial charge >= 0.3 is 0 Å². The first-order valence-corrected chi connectivity index (χ1v) is 11.4. The van der Waals surface area contributed by atoms with E-state index >= 15 is 0 Å². The van der Waals surface area contributed by atoms with Crippen LogP contribution in [0.5, 0.6) is 0 Å². The number of nitrogens with one attached hydrogen (secondary N) is 1. The second-order valence-electron chi connectivity index (χ2n) is 7.65. The number of hydrogen-bond acceptors (Lipinski definition) is 5. The van der Waals surface area contributed by atoms with Gasteiger partial charge < -0.3 is 0 Å². The summed E-state index contributed by atoms with van der Waals surface area (Å²) in [6.07, 6.45) is 0. The van der Waals surface area contributed by atoms with Crippen molar-refractivity contribution in [3.63, 3.8) is 0 Å². The lowest BCUT2D eigenvalue weighted by Crippen LogP contribution is -2.51. The standard InChI is InChI=1S/C27H20N4S/c1-4-12-20(13-5-1)25-23-18-10-11-19-24(23)27(30-28-25)31(22-16-8-3-9-17-22)29-26(32-27)21-14-6-2-7-15-21/h1-19,30H. The number of benzene rings is 4. The lowest BCUT2D eigenvalue weighted by molar-refractivity contribution is 0.478. The molecule has 2 aliphatic rings. The first-order chi connectivity index (χ1) is 15.9. The van der Waals surface area contributed by atoms with Crippen molar-refractivity contribution >= 4 is 28.2 Å². The fraction of sp³-hybridized carbons (Fsp3) is 0.0370. The number of para-hydroxylation sites is 1. The van der Waals surface area contributed by atoms with Crippen LogP contribution in [0.2, 0.25) is 0 Å². The van der Waals surface area contributed by atoms with E-state index in [-0.39, 0.29) is 0 Å². The summed E-state index contributed by atoms with van der Waals surface area (Å²) in [5.74, 6) is 0. The van der Waals surface area contributed by atoms with Gasteiger partial charge in [0, 0.05) is 22.3 Å². The van der Waals surface area contributed by atoms with E-state index in [0.717, 1.165) is 38.7 Å². The normalized spacial score (nSPS) is 19.2. The largest absolute Gasteiger partial charge is 0.269 e. The highest BCUT2D eigenvalue weighted by molar-refractivity contribution is 8.15. The first kappa shape index (κ1) is 18.9. The molecule has 4 aromatic carbocycles. The van der Waals surface area contributed by atoms with Crippen LogP contribution in [-0.4, -0.2) is 10.8 Å². The molecule has 0 fully saturated rings. The van der Waals surface area contributed by atoms with Gasteiger partial charge in [0.05, 0.1) is 11.4 Å². The predicted octanol–water partition coefficient (Wildman–Crippen LogP) is 5.77. The smallest absolute Gasteiger partial charge is 0.227 e. The van der Waals surface area contributed by atoms with E-state index in [1.807, 2.05) is 54.6 Å². The Labute approximate surface area is 191 Å². The summed E-state index contributed by atoms with van der Waals surface area (Å²) in [6, 6.07) is 39.4. The zero-order valence-electron chi connectivity index (χ0n) is 17.2. The highest BCUT2D eigenvalue weighted by Crippen LogP contribution is 2.49. The Balaban J connectivity index is 1.53. The number of hydrazone groups is 2. The summed E-state index contributed by atoms with van der Waals surface area (Å²) in [5.41, 5.74) is 9.87. The molecular formula is C27H20N4S. The molecule has 6 rings (SSSR count). The molecule has 0 saturated carbocycles. The average Bonchev–Trinajstić information content (AvgIpc) is 3.26. The molecule has 4 aromatic rings. The van der Waals surface area contributed by atoms with Gasteiger partial charge in [0.1, 0.15) is 5.04 Å². The molecule has 1 spiro atoms. The summed E-state index contributed by atoms with van der Waals surface area (Å²) in [6.45, 7) is 0. The van der Waals surface area contributed by atoms with Gasteiger partial charge in [-0.2, -0.15) is 10.2 Å². The topological polar surface area (TPSA) is 40.0 Å². The Morgan fingerprint density at radius 1 is 0.656 bits per heavy atom. The minimum absolute atomic E-state index is 0.679. The molecule has 4 nitrogen and oxygen atoms in total. The Hall–Kier alpha value is -3.83. The lowest BCUT2D eigenvalue weighted by atomic mass is 9.94. The molecule has 0 aliphatic carbocycles. The molecule has 0 radical (unpaired) electrons. The Morgan fingerprint density at radius 2 is 1.25 bits per heavy atom. The Morgan fingerprint density at radius 3 is 1.97 bits per heavy atom. The van der Waals surface area contributed by atoms with Gasteiger partial charge in [0.2, 0.25) is 4.99 Å². The quantitative estimate of drug-likeness (QED) is 0.447. The highest BCUT2D eigenvalue weighted by atomic mass is 32.2. The molecule has 0 saturated heterocycles. The van der Waals surface area contributed by atoms with Crippen LogP contribution in [0.4, 0.5) is 5.69 Å². The third-order valence-corrected chi connectivity index (χ3v) is 6.96. The molecule has 2 heterocycles. The summed E-state index contributed by atoms with van der Waals surface area (Å²) >= 11 is 1.69. The number of thioether (sulfide) groups is 1. The molecule has 1 unspecified atom stereocenters. The van der Waals surface area contributed by atoms with E-state index < -0.39 is 4.99 Å². The summed E-state index contributed by atoms with van der Waals surface area (Å²) in [4.78, 5) is -0.679. The third-order valence-electron chi connectivity index (χ3n) is 5.67. The number of rotatable bonds is 3. The van der Waals surface area contributed by atoms with Crippen LogP contribution in [0.3, 0.4) is 0 Å². The molecule has 0 aromatic heterocycles. The molecule has 2 aliphatic heterocycles. The van der Waals surface area contributed by atoms with Crippen molar-refractivity contribution in [3.8, 4) is 0 Å². The van der Waals surface area contributed by atoms with E-state index in [2.05, 4.69) is 71.1 Å². The summed E-state index contributed by atoms with van der Waals surface area (Å²) in [7, 11) is 0. The number of fused-ring (bicyclic) bond motifs is 2. The summed E-state index contributed by atoms with van der Waals surface area (Å²) in [5, 5.41) is 13.0. The highest BCUT2D eigenvalue weighted by Gasteiger charge is 2.50. The maximum Gasteiger partial charge on any atom is 0.227 e. The van der Waals surface area contributed by atoms with E-state index in [0.29, 0.717) is 0 Å². The van der Waals surface area contributed by atoms with Crippen LogP contribution >= 0.6 is 11.8 Å². The lowest BCUT2D eigenvalue weighted by Gasteiger charge is -2.40. The fourth-order valence-electron chi connectivity index (χ4n) is 4.16. The fourth-order valence-corrected chi connectivity index (χ4v) is 5.43. The van der Waals surface area contributed by atoms with Gasteiger partial charge in [-0.15, -0.1) is 0 Å². The Kier molecular flexibility index (Phi) is 4.55. The molecule has 5 heteroatoms. The molecular weight excluding hydrogens is 412 g/mol. The monoisotopic (exact) mass is 432 g/mol. The van der Waals surface area contributed by atoms with Crippen molar-refractivity contribution in [1.29, 1.82) is 0 Å². The van der Waals surface area contributed by atoms with Gasteiger partial charge in [-0.3, -0.25) is 5.43 Å². The van der Waals surface area contributed by atoms with Gasteiger partial charge in [0.25, 0.3) is 0 Å². The van der Waals surface area contributed by atoms with Crippen molar-refractivity contribution < 1.29 is 0 Å². The van der Waals surface area contributed by atoms with Crippen LogP contribution in [0.1, 0.15) is 22.3 Å². The van der Waals surface area contributed by atoms with Crippen molar-refractivity contribution in [2.75, 3.05) is 5.01 Å². The van der Waals surface area contributed by atoms with Crippen LogP contribution in [0.15, 0.2) is 125 Å². The van der Waals surface area contributed by atoms with Crippen molar-refractivity contribution in [2.45, 2.75) is 4.99 Å². The van der Waals surface area contributed by atoms with Crippen LogP contribution in [-0.2, 0) is 4.99 Å². The minimum atomic E-state index is -0.679. The zero-order valence-corrected chi connectivity index (χ0v) is 18.0. The van der Waals surface area contributed by atoms with Crippen LogP contribution < -0.4 is 10.4 Å². The Bertz CT molecular complexity index is 1320. The molecule has 1 atom stereocenters. The summed E-state index contributed by atoms with van der Waals surface area (Å²) < 4.78 is 0. The molecule has 0 amide bonds. The molecule has 1 N–H and O–H groups in total. The van der Waals surface area contributed by atoms with Gasteiger partial charge in [-0.1, -0.05) is 103 Å². The van der Waals surface area contributed by atoms with Crippen molar-refractivity contribution in [3.05, 3.63) is 138 Å². The SMILES string of the molecule is c1ccc(C2=NN(c3ccccc3)C3(NN=C(c4ccccc4)c4ccccc43)S2)cc1. The molecule has 0 bridgehead atoms. The number of anilines is 1. The van der Waals surface area contributed by atoms with Gasteiger partial charge in [-0.05, 0) is 23.9 Å². The second kappa shape index (κ2) is 7.70. The van der Waals surface area contributed by atoms with E-state index in [1.165, 1.54) is 0 Å². The third kappa shape index (κ3) is 3.01. The van der Waals surface area contributed by atoms with Gasteiger partial charge in [-0.25, -0.2) is 5.01 Å². The second-order valence-corrected chi connectivity index (χ2v) is 8.83. The maximum absolute atomic E-state index is 5.08. The minimum Gasteiger partial charge on any atom is -0.269 e. The maximum atomic E-state index is 5.08. The van der Waals surface area contributed by atoms with Crippen LogP contribution in [0, 0.1) is 0 Å².